The fraction of sp³-hybridized carbons (Fsp3) is 0.476. The van der Waals surface area contributed by atoms with Gasteiger partial charge >= 0.3 is 0 Å². The third-order valence-corrected chi connectivity index (χ3v) is 6.85. The Morgan fingerprint density at radius 2 is 2.04 bits per heavy atom. The highest BCUT2D eigenvalue weighted by molar-refractivity contribution is 7.19. The number of rotatable bonds is 4. The summed E-state index contributed by atoms with van der Waals surface area (Å²) in [6.45, 7) is 6.35. The van der Waals surface area contributed by atoms with Crippen LogP contribution in [0.25, 0.3) is 21.6 Å². The minimum Gasteiger partial charge on any atom is -0.392 e. The molecule has 5 rings (SSSR count). The maximum absolute atomic E-state index is 9.69. The van der Waals surface area contributed by atoms with Gasteiger partial charge in [-0.2, -0.15) is 0 Å². The molecule has 1 N–H and O–H groups in total. The predicted octanol–water partition coefficient (Wildman–Crippen LogP) is 2.74. The van der Waals surface area contributed by atoms with E-state index in [1.165, 1.54) is 28.7 Å². The van der Waals surface area contributed by atoms with Crippen molar-refractivity contribution in [3.8, 4) is 11.4 Å². The zero-order valence-electron chi connectivity index (χ0n) is 16.1. The van der Waals surface area contributed by atoms with E-state index in [1.54, 1.807) is 6.20 Å². The van der Waals surface area contributed by atoms with Gasteiger partial charge < -0.3 is 10.0 Å². The molecule has 4 heterocycles. The zero-order valence-corrected chi connectivity index (χ0v) is 17.0. The first-order valence-corrected chi connectivity index (χ1v) is 10.9. The molecule has 0 bridgehead atoms. The quantitative estimate of drug-likeness (QED) is 0.733. The van der Waals surface area contributed by atoms with E-state index in [9.17, 15) is 5.11 Å². The summed E-state index contributed by atoms with van der Waals surface area (Å²) >= 11 is 1.84. The van der Waals surface area contributed by atoms with Crippen LogP contribution in [0.3, 0.4) is 0 Å². The fourth-order valence-corrected chi connectivity index (χ4v) is 5.60. The highest BCUT2D eigenvalue weighted by Gasteiger charge is 2.27. The average molecular weight is 396 g/mol. The number of β-amino-alcohol motifs (C(OH)–C–C–N with tert-alkyl or cyclic N) is 1. The van der Waals surface area contributed by atoms with Crippen molar-refractivity contribution in [3.05, 3.63) is 35.0 Å². The maximum Gasteiger partial charge on any atom is 0.164 e. The number of hydrogen-bond donors (Lipinski definition) is 1. The van der Waals surface area contributed by atoms with E-state index in [4.69, 9.17) is 9.97 Å². The molecule has 0 aromatic carbocycles. The topological polar surface area (TPSA) is 65.4 Å². The minimum atomic E-state index is -0.283. The van der Waals surface area contributed by atoms with Gasteiger partial charge in [0.2, 0.25) is 0 Å². The Labute approximate surface area is 168 Å². The van der Waals surface area contributed by atoms with E-state index in [-0.39, 0.29) is 6.10 Å². The Kier molecular flexibility index (Phi) is 4.74. The van der Waals surface area contributed by atoms with Gasteiger partial charge in [-0.25, -0.2) is 9.97 Å². The molecule has 28 heavy (non-hydrogen) atoms. The van der Waals surface area contributed by atoms with Crippen LogP contribution in [0, 0.1) is 0 Å². The van der Waals surface area contributed by atoms with Gasteiger partial charge in [-0.05, 0) is 43.9 Å². The lowest BCUT2D eigenvalue weighted by Crippen LogP contribution is -2.48. The molecule has 2 aliphatic rings. The standard InChI is InChI=1S/C21H25N5OS/c1-14(27)13-25-8-10-26(11-9-25)20-18-16-5-2-6-17(16)28-21(18)24-19(23-20)15-4-3-7-22-12-15/h3-4,7,12,14,27H,2,5-6,8-11,13H2,1H3/t14-/m1/s1. The Morgan fingerprint density at radius 1 is 1.18 bits per heavy atom. The second-order valence-electron chi connectivity index (χ2n) is 7.79. The lowest BCUT2D eigenvalue weighted by molar-refractivity contribution is 0.122. The second kappa shape index (κ2) is 7.39. The molecule has 7 heteroatoms. The average Bonchev–Trinajstić information content (AvgIpc) is 3.29. The first-order chi connectivity index (χ1) is 13.7. The SMILES string of the molecule is C[C@@H](O)CN1CCN(c2nc(-c3cccnc3)nc3sc4c(c23)CCC4)CC1. The summed E-state index contributed by atoms with van der Waals surface area (Å²) in [5, 5.41) is 11.0. The molecule has 0 unspecified atom stereocenters. The van der Waals surface area contributed by atoms with Gasteiger partial charge in [0.25, 0.3) is 0 Å². The molecule has 1 aliphatic heterocycles. The molecule has 3 aromatic heterocycles. The Hall–Kier alpha value is -2.09. The summed E-state index contributed by atoms with van der Waals surface area (Å²) in [7, 11) is 0. The predicted molar refractivity (Wildman–Crippen MR) is 113 cm³/mol. The van der Waals surface area contributed by atoms with Crippen molar-refractivity contribution in [1.29, 1.82) is 0 Å². The van der Waals surface area contributed by atoms with Gasteiger partial charge in [0.05, 0.1) is 11.5 Å². The van der Waals surface area contributed by atoms with Crippen LogP contribution in [0.4, 0.5) is 5.82 Å². The van der Waals surface area contributed by atoms with Crippen molar-refractivity contribution in [1.82, 2.24) is 19.9 Å². The highest BCUT2D eigenvalue weighted by atomic mass is 32.1. The number of aromatic nitrogens is 3. The fourth-order valence-electron chi connectivity index (χ4n) is 4.35. The van der Waals surface area contributed by atoms with Crippen LogP contribution in [-0.2, 0) is 12.8 Å². The van der Waals surface area contributed by atoms with Gasteiger partial charge in [-0.1, -0.05) is 0 Å². The van der Waals surface area contributed by atoms with E-state index < -0.39 is 0 Å². The van der Waals surface area contributed by atoms with Gasteiger partial charge in [0.1, 0.15) is 10.6 Å². The van der Waals surface area contributed by atoms with Crippen molar-refractivity contribution in [2.24, 2.45) is 0 Å². The zero-order chi connectivity index (χ0) is 19.1. The molecular formula is C21H25N5OS. The molecule has 0 amide bonds. The molecule has 6 nitrogen and oxygen atoms in total. The smallest absolute Gasteiger partial charge is 0.164 e. The molecule has 146 valence electrons. The molecule has 1 aliphatic carbocycles. The molecule has 0 saturated carbocycles. The monoisotopic (exact) mass is 395 g/mol. The number of hydrogen-bond acceptors (Lipinski definition) is 7. The van der Waals surface area contributed by atoms with Gasteiger partial charge in [-0.15, -0.1) is 11.3 Å². The minimum absolute atomic E-state index is 0.283. The number of aliphatic hydroxyl groups is 1. The molecular weight excluding hydrogens is 370 g/mol. The number of piperazine rings is 1. The third kappa shape index (κ3) is 3.27. The van der Waals surface area contributed by atoms with Crippen LogP contribution in [0.2, 0.25) is 0 Å². The number of fused-ring (bicyclic) bond motifs is 3. The normalized spacial score (nSPS) is 18.6. The molecule has 1 saturated heterocycles. The number of nitrogens with zero attached hydrogens (tertiary/aromatic N) is 5. The first kappa shape index (κ1) is 18.0. The third-order valence-electron chi connectivity index (χ3n) is 5.66. The Bertz CT molecular complexity index is 979. The van der Waals surface area contributed by atoms with Gasteiger partial charge in [0.15, 0.2) is 5.82 Å². The maximum atomic E-state index is 9.69. The van der Waals surface area contributed by atoms with Crippen LogP contribution in [0.1, 0.15) is 23.8 Å². The highest BCUT2D eigenvalue weighted by Crippen LogP contribution is 2.41. The summed E-state index contributed by atoms with van der Waals surface area (Å²) in [4.78, 5) is 21.6. The molecule has 0 radical (unpaired) electrons. The van der Waals surface area contributed by atoms with Crippen molar-refractivity contribution in [2.75, 3.05) is 37.6 Å². The largest absolute Gasteiger partial charge is 0.392 e. The van der Waals surface area contributed by atoms with Crippen molar-refractivity contribution < 1.29 is 5.11 Å². The van der Waals surface area contributed by atoms with E-state index in [0.717, 1.165) is 61.2 Å². The van der Waals surface area contributed by atoms with Crippen molar-refractivity contribution >= 4 is 27.4 Å². The second-order valence-corrected chi connectivity index (χ2v) is 8.87. The van der Waals surface area contributed by atoms with Crippen molar-refractivity contribution in [3.63, 3.8) is 0 Å². The van der Waals surface area contributed by atoms with E-state index in [0.29, 0.717) is 0 Å². The molecule has 1 atom stereocenters. The van der Waals surface area contributed by atoms with E-state index in [1.807, 2.05) is 36.6 Å². The number of aliphatic hydroxyl groups excluding tert-OH is 1. The Morgan fingerprint density at radius 3 is 2.79 bits per heavy atom. The number of thiophene rings is 1. The Balaban J connectivity index is 1.55. The van der Waals surface area contributed by atoms with Crippen molar-refractivity contribution in [2.45, 2.75) is 32.3 Å². The number of pyridine rings is 1. The molecule has 0 spiro atoms. The lowest BCUT2D eigenvalue weighted by Gasteiger charge is -2.36. The van der Waals surface area contributed by atoms with Gasteiger partial charge in [-0.3, -0.25) is 9.88 Å². The summed E-state index contributed by atoms with van der Waals surface area (Å²) in [5.41, 5.74) is 2.44. The summed E-state index contributed by atoms with van der Waals surface area (Å²) in [6.07, 6.45) is 6.88. The lowest BCUT2D eigenvalue weighted by atomic mass is 10.1. The summed E-state index contributed by atoms with van der Waals surface area (Å²) < 4.78 is 0. The van der Waals surface area contributed by atoms with Crippen LogP contribution < -0.4 is 4.90 Å². The number of anilines is 1. The first-order valence-electron chi connectivity index (χ1n) is 10.1. The van der Waals surface area contributed by atoms with Gasteiger partial charge in [0, 0.05) is 55.6 Å². The van der Waals surface area contributed by atoms with Crippen LogP contribution >= 0.6 is 11.3 Å². The number of aryl methyl sites for hydroxylation is 2. The van der Waals surface area contributed by atoms with Crippen LogP contribution in [0.15, 0.2) is 24.5 Å². The summed E-state index contributed by atoms with van der Waals surface area (Å²) in [6, 6.07) is 3.96. The van der Waals surface area contributed by atoms with E-state index >= 15 is 0 Å². The molecule has 3 aromatic rings. The summed E-state index contributed by atoms with van der Waals surface area (Å²) in [5.74, 6) is 1.85. The van der Waals surface area contributed by atoms with E-state index in [2.05, 4.69) is 14.8 Å². The van der Waals surface area contributed by atoms with Crippen LogP contribution in [0.5, 0.6) is 0 Å². The molecule has 1 fully saturated rings. The van der Waals surface area contributed by atoms with Crippen LogP contribution in [-0.4, -0.2) is 63.8 Å².